The van der Waals surface area contributed by atoms with Gasteiger partial charge in [0.25, 0.3) is 0 Å². The van der Waals surface area contributed by atoms with Gasteiger partial charge in [0.15, 0.2) is 0 Å². The van der Waals surface area contributed by atoms with Crippen LogP contribution in [0.25, 0.3) is 0 Å². The Morgan fingerprint density at radius 2 is 1.71 bits per heavy atom. The maximum absolute atomic E-state index is 12.9. The summed E-state index contributed by atoms with van der Waals surface area (Å²) in [6.45, 7) is 5.24. The van der Waals surface area contributed by atoms with Crippen LogP contribution in [0.3, 0.4) is 0 Å². The Morgan fingerprint density at radius 3 is 2.33 bits per heavy atom. The number of anilines is 1. The molecule has 0 bridgehead atoms. The van der Waals surface area contributed by atoms with Crippen LogP contribution in [0.2, 0.25) is 0 Å². The number of halogens is 1. The van der Waals surface area contributed by atoms with Crippen molar-refractivity contribution in [2.75, 3.05) is 5.32 Å². The Kier molecular flexibility index (Phi) is 5.36. The van der Waals surface area contributed by atoms with Crippen LogP contribution in [-0.2, 0) is 14.8 Å². The fourth-order valence-electron chi connectivity index (χ4n) is 2.10. The number of amides is 1. The molecule has 0 aliphatic rings. The first-order valence-corrected chi connectivity index (χ1v) is 8.84. The number of benzene rings is 2. The van der Waals surface area contributed by atoms with Crippen molar-refractivity contribution in [2.45, 2.75) is 31.7 Å². The monoisotopic (exact) mass is 350 g/mol. The smallest absolute Gasteiger partial charge is 0.242 e. The highest BCUT2D eigenvalue weighted by molar-refractivity contribution is 7.89. The summed E-state index contributed by atoms with van der Waals surface area (Å²) < 4.78 is 39.6. The van der Waals surface area contributed by atoms with Gasteiger partial charge >= 0.3 is 0 Å². The molecule has 24 heavy (non-hydrogen) atoms. The summed E-state index contributed by atoms with van der Waals surface area (Å²) in [4.78, 5) is 12.1. The minimum atomic E-state index is -3.91. The highest BCUT2D eigenvalue weighted by Gasteiger charge is 2.22. The zero-order chi connectivity index (χ0) is 17.9. The lowest BCUT2D eigenvalue weighted by Crippen LogP contribution is -2.41. The average molecular weight is 350 g/mol. The molecule has 0 unspecified atom stereocenters. The Balaban J connectivity index is 2.11. The third-order valence-corrected chi connectivity index (χ3v) is 5.27. The molecule has 0 fully saturated rings. The van der Waals surface area contributed by atoms with Crippen molar-refractivity contribution >= 4 is 21.6 Å². The first-order chi connectivity index (χ1) is 11.2. The van der Waals surface area contributed by atoms with Crippen molar-refractivity contribution in [3.63, 3.8) is 0 Å². The molecule has 2 aromatic carbocycles. The predicted molar refractivity (Wildman–Crippen MR) is 90.7 cm³/mol. The van der Waals surface area contributed by atoms with Gasteiger partial charge in [-0.15, -0.1) is 0 Å². The summed E-state index contributed by atoms with van der Waals surface area (Å²) in [7, 11) is -3.91. The normalized spacial score (nSPS) is 12.7. The number of hydrogen-bond acceptors (Lipinski definition) is 3. The summed E-state index contributed by atoms with van der Waals surface area (Å²) in [5.74, 6) is -1.01. The van der Waals surface area contributed by atoms with E-state index in [-0.39, 0.29) is 4.90 Å². The van der Waals surface area contributed by atoms with Gasteiger partial charge in [-0.25, -0.2) is 12.8 Å². The van der Waals surface area contributed by atoms with Crippen LogP contribution >= 0.6 is 0 Å². The minimum absolute atomic E-state index is 0.102. The highest BCUT2D eigenvalue weighted by atomic mass is 32.2. The standard InChI is InChI=1S/C17H19FN2O3S/c1-11-5-4-6-16(12(11)2)19-17(21)13(3)20-24(22,23)15-9-7-14(18)8-10-15/h4-10,13,20H,1-3H3,(H,19,21)/t13-/m1/s1. The molecule has 2 N–H and O–H groups in total. The molecule has 1 atom stereocenters. The van der Waals surface area contributed by atoms with Gasteiger partial charge < -0.3 is 5.32 Å². The zero-order valence-corrected chi connectivity index (χ0v) is 14.4. The van der Waals surface area contributed by atoms with Gasteiger partial charge in [-0.2, -0.15) is 4.72 Å². The number of aryl methyl sites for hydroxylation is 1. The Bertz CT molecular complexity index is 849. The lowest BCUT2D eigenvalue weighted by Gasteiger charge is -2.16. The molecular weight excluding hydrogens is 331 g/mol. The molecule has 5 nitrogen and oxygen atoms in total. The highest BCUT2D eigenvalue weighted by Crippen LogP contribution is 2.18. The Morgan fingerprint density at radius 1 is 1.08 bits per heavy atom. The SMILES string of the molecule is Cc1cccc(NC(=O)[C@@H](C)NS(=O)(=O)c2ccc(F)cc2)c1C. The fourth-order valence-corrected chi connectivity index (χ4v) is 3.30. The van der Waals surface area contributed by atoms with Crippen LogP contribution in [0.5, 0.6) is 0 Å². The molecule has 0 aromatic heterocycles. The first-order valence-electron chi connectivity index (χ1n) is 7.35. The molecule has 128 valence electrons. The average Bonchev–Trinajstić information content (AvgIpc) is 2.51. The van der Waals surface area contributed by atoms with Gasteiger partial charge in [0, 0.05) is 5.69 Å². The number of rotatable bonds is 5. The molecule has 0 aliphatic carbocycles. The van der Waals surface area contributed by atoms with Crippen molar-refractivity contribution in [1.82, 2.24) is 4.72 Å². The number of carbonyl (C=O) groups excluding carboxylic acids is 1. The minimum Gasteiger partial charge on any atom is -0.324 e. The van der Waals surface area contributed by atoms with Crippen molar-refractivity contribution in [3.8, 4) is 0 Å². The summed E-state index contributed by atoms with van der Waals surface area (Å²) in [5.41, 5.74) is 2.57. The van der Waals surface area contributed by atoms with Crippen molar-refractivity contribution in [2.24, 2.45) is 0 Å². The van der Waals surface area contributed by atoms with E-state index in [0.717, 1.165) is 35.4 Å². The molecule has 0 radical (unpaired) electrons. The number of nitrogens with one attached hydrogen (secondary N) is 2. The summed E-state index contributed by atoms with van der Waals surface area (Å²) >= 11 is 0. The number of carbonyl (C=O) groups is 1. The topological polar surface area (TPSA) is 75.3 Å². The van der Waals surface area contributed by atoms with E-state index in [1.54, 1.807) is 6.07 Å². The zero-order valence-electron chi connectivity index (χ0n) is 13.6. The van der Waals surface area contributed by atoms with Gasteiger partial charge in [0.1, 0.15) is 5.82 Å². The molecule has 0 saturated carbocycles. The van der Waals surface area contributed by atoms with Gasteiger partial charge in [-0.1, -0.05) is 12.1 Å². The van der Waals surface area contributed by atoms with Crippen molar-refractivity contribution < 1.29 is 17.6 Å². The van der Waals surface area contributed by atoms with E-state index in [4.69, 9.17) is 0 Å². The molecule has 2 rings (SSSR count). The number of sulfonamides is 1. The molecule has 0 saturated heterocycles. The van der Waals surface area contributed by atoms with E-state index in [0.29, 0.717) is 5.69 Å². The lowest BCUT2D eigenvalue weighted by molar-refractivity contribution is -0.117. The molecule has 1 amide bonds. The largest absolute Gasteiger partial charge is 0.324 e. The second-order valence-electron chi connectivity index (χ2n) is 5.53. The molecular formula is C17H19FN2O3S. The molecule has 0 spiro atoms. The first kappa shape index (κ1) is 18.1. The van der Waals surface area contributed by atoms with Crippen LogP contribution < -0.4 is 10.0 Å². The van der Waals surface area contributed by atoms with Crippen molar-refractivity contribution in [1.29, 1.82) is 0 Å². The summed E-state index contributed by atoms with van der Waals surface area (Å²) in [6.07, 6.45) is 0. The van der Waals surface area contributed by atoms with Crippen LogP contribution in [0.1, 0.15) is 18.1 Å². The maximum Gasteiger partial charge on any atom is 0.242 e. The summed E-state index contributed by atoms with van der Waals surface area (Å²) in [5, 5.41) is 2.71. The quantitative estimate of drug-likeness (QED) is 0.871. The maximum atomic E-state index is 12.9. The predicted octanol–water partition coefficient (Wildman–Crippen LogP) is 2.75. The van der Waals surface area contributed by atoms with E-state index in [1.165, 1.54) is 6.92 Å². The van der Waals surface area contributed by atoms with E-state index in [9.17, 15) is 17.6 Å². The molecule has 2 aromatic rings. The van der Waals surface area contributed by atoms with Crippen molar-refractivity contribution in [3.05, 3.63) is 59.4 Å². The van der Waals surface area contributed by atoms with Gasteiger partial charge in [-0.05, 0) is 62.2 Å². The van der Waals surface area contributed by atoms with E-state index in [2.05, 4.69) is 10.0 Å². The van der Waals surface area contributed by atoms with Crippen LogP contribution in [0.15, 0.2) is 47.4 Å². The van der Waals surface area contributed by atoms with Gasteiger partial charge in [0.2, 0.25) is 15.9 Å². The van der Waals surface area contributed by atoms with E-state index in [1.807, 2.05) is 26.0 Å². The molecule has 0 aliphatic heterocycles. The van der Waals surface area contributed by atoms with E-state index < -0.39 is 27.8 Å². The fraction of sp³-hybridized carbons (Fsp3) is 0.235. The van der Waals surface area contributed by atoms with Gasteiger partial charge in [-0.3, -0.25) is 4.79 Å². The second-order valence-corrected chi connectivity index (χ2v) is 7.25. The summed E-state index contributed by atoms with van der Waals surface area (Å²) in [6, 6.07) is 8.89. The third kappa shape index (κ3) is 4.18. The van der Waals surface area contributed by atoms with E-state index >= 15 is 0 Å². The Hall–Kier alpha value is -2.25. The Labute approximate surface area is 141 Å². The van der Waals surface area contributed by atoms with Crippen LogP contribution in [0.4, 0.5) is 10.1 Å². The van der Waals surface area contributed by atoms with Crippen LogP contribution in [-0.4, -0.2) is 20.4 Å². The second kappa shape index (κ2) is 7.11. The van der Waals surface area contributed by atoms with Gasteiger partial charge in [0.05, 0.1) is 10.9 Å². The third-order valence-electron chi connectivity index (χ3n) is 3.71. The lowest BCUT2D eigenvalue weighted by atomic mass is 10.1. The van der Waals surface area contributed by atoms with Crippen LogP contribution in [0, 0.1) is 19.7 Å². The molecule has 0 heterocycles. The molecule has 7 heteroatoms. The number of hydrogen-bond donors (Lipinski definition) is 2.